The second kappa shape index (κ2) is 4.39. The highest BCUT2D eigenvalue weighted by Gasteiger charge is 2.40. The third-order valence-corrected chi connectivity index (χ3v) is 4.81. The van der Waals surface area contributed by atoms with Crippen LogP contribution in [0, 0.1) is 5.92 Å². The van der Waals surface area contributed by atoms with Crippen molar-refractivity contribution in [3.63, 3.8) is 0 Å². The minimum atomic E-state index is 0.556. The smallest absolute Gasteiger partial charge is 0.155 e. The Kier molecular flexibility index (Phi) is 2.67. The van der Waals surface area contributed by atoms with Crippen LogP contribution in [-0.2, 0) is 6.54 Å². The van der Waals surface area contributed by atoms with E-state index in [1.54, 1.807) is 7.11 Å². The van der Waals surface area contributed by atoms with Gasteiger partial charge in [0.05, 0.1) is 19.7 Å². The van der Waals surface area contributed by atoms with Gasteiger partial charge in [0.1, 0.15) is 5.75 Å². The van der Waals surface area contributed by atoms with Crippen molar-refractivity contribution in [2.45, 2.75) is 25.4 Å². The first-order valence-corrected chi connectivity index (χ1v) is 7.17. The molecule has 0 amide bonds. The number of piperidine rings is 3. The second-order valence-electron chi connectivity index (χ2n) is 5.85. The molecule has 0 N–H and O–H groups in total. The Balaban J connectivity index is 1.53. The second-order valence-corrected chi connectivity index (χ2v) is 5.85. The topological polar surface area (TPSA) is 24.9 Å². The van der Waals surface area contributed by atoms with E-state index in [9.17, 15) is 0 Å². The Morgan fingerprint density at radius 2 is 2.11 bits per heavy atom. The third kappa shape index (κ3) is 1.90. The molecule has 0 unspecified atom stereocenters. The van der Waals surface area contributed by atoms with Crippen LogP contribution in [0.1, 0.15) is 18.4 Å². The van der Waals surface area contributed by atoms with Crippen LogP contribution in [0.15, 0.2) is 18.2 Å². The van der Waals surface area contributed by atoms with Crippen molar-refractivity contribution >= 4 is 0 Å². The van der Waals surface area contributed by atoms with E-state index in [2.05, 4.69) is 16.0 Å². The molecule has 4 aliphatic heterocycles. The summed E-state index contributed by atoms with van der Waals surface area (Å²) in [6.45, 7) is 4.62. The maximum absolute atomic E-state index is 6.07. The number of rotatable bonds is 2. The zero-order valence-electron chi connectivity index (χ0n) is 11.3. The Bertz CT molecular complexity index is 483. The van der Waals surface area contributed by atoms with E-state index >= 15 is 0 Å². The molecule has 1 aromatic carbocycles. The van der Waals surface area contributed by atoms with Gasteiger partial charge in [-0.15, -0.1) is 5.06 Å². The summed E-state index contributed by atoms with van der Waals surface area (Å²) in [7, 11) is 1.70. The molecule has 19 heavy (non-hydrogen) atoms. The number of hydroxylamine groups is 2. The van der Waals surface area contributed by atoms with Crippen LogP contribution >= 0.6 is 0 Å². The molecular weight excluding hydrogens is 240 g/mol. The average molecular weight is 260 g/mol. The quantitative estimate of drug-likeness (QED) is 0.811. The molecule has 2 bridgehead atoms. The van der Waals surface area contributed by atoms with Crippen LogP contribution in [0.5, 0.6) is 11.5 Å². The molecule has 1 atom stereocenters. The SMILES string of the molecule is COc1ccc2c(c1)ON([C@@H]1CN3CCC1CC3)C2. The Labute approximate surface area is 113 Å². The maximum Gasteiger partial charge on any atom is 0.155 e. The summed E-state index contributed by atoms with van der Waals surface area (Å²) in [5.74, 6) is 2.64. The fraction of sp³-hybridized carbons (Fsp3) is 0.600. The van der Waals surface area contributed by atoms with Gasteiger partial charge in [-0.1, -0.05) is 6.07 Å². The van der Waals surface area contributed by atoms with E-state index in [1.165, 1.54) is 31.5 Å². The average Bonchev–Trinajstić information content (AvgIpc) is 2.91. The lowest BCUT2D eigenvalue weighted by Gasteiger charge is -2.47. The fourth-order valence-electron chi connectivity index (χ4n) is 3.65. The first-order valence-electron chi connectivity index (χ1n) is 7.17. The number of ether oxygens (including phenoxy) is 1. The largest absolute Gasteiger partial charge is 0.497 e. The molecule has 4 heteroatoms. The van der Waals surface area contributed by atoms with Gasteiger partial charge in [-0.05, 0) is 37.9 Å². The van der Waals surface area contributed by atoms with Crippen molar-refractivity contribution in [1.82, 2.24) is 9.96 Å². The summed E-state index contributed by atoms with van der Waals surface area (Å²) in [5.41, 5.74) is 1.28. The lowest BCUT2D eigenvalue weighted by molar-refractivity contribution is -0.135. The summed E-state index contributed by atoms with van der Waals surface area (Å²) in [6.07, 6.45) is 2.65. The van der Waals surface area contributed by atoms with Crippen LogP contribution in [0.25, 0.3) is 0 Å². The monoisotopic (exact) mass is 260 g/mol. The summed E-state index contributed by atoms with van der Waals surface area (Å²) in [5, 5.41) is 2.19. The van der Waals surface area contributed by atoms with E-state index < -0.39 is 0 Å². The van der Waals surface area contributed by atoms with Crippen LogP contribution in [-0.4, -0.2) is 42.7 Å². The summed E-state index contributed by atoms with van der Waals surface area (Å²) in [6, 6.07) is 6.69. The molecule has 0 spiro atoms. The van der Waals surface area contributed by atoms with E-state index in [-0.39, 0.29) is 0 Å². The fourth-order valence-corrected chi connectivity index (χ4v) is 3.65. The molecule has 0 aromatic heterocycles. The number of methoxy groups -OCH3 is 1. The highest BCUT2D eigenvalue weighted by molar-refractivity contribution is 5.42. The van der Waals surface area contributed by atoms with Gasteiger partial charge in [0.15, 0.2) is 5.75 Å². The summed E-state index contributed by atoms with van der Waals surface area (Å²) < 4.78 is 5.26. The molecule has 3 fully saturated rings. The van der Waals surface area contributed by atoms with Crippen molar-refractivity contribution in [2.24, 2.45) is 5.92 Å². The van der Waals surface area contributed by atoms with Crippen LogP contribution < -0.4 is 9.57 Å². The van der Waals surface area contributed by atoms with Gasteiger partial charge < -0.3 is 14.5 Å². The summed E-state index contributed by atoms with van der Waals surface area (Å²) in [4.78, 5) is 8.64. The predicted octanol–water partition coefficient (Wildman–Crippen LogP) is 1.90. The molecule has 5 rings (SSSR count). The van der Waals surface area contributed by atoms with Crippen LogP contribution in [0.2, 0.25) is 0 Å². The summed E-state index contributed by atoms with van der Waals surface area (Å²) >= 11 is 0. The van der Waals surface area contributed by atoms with Gasteiger partial charge in [-0.3, -0.25) is 0 Å². The first-order chi connectivity index (χ1) is 9.33. The molecule has 3 saturated heterocycles. The molecule has 0 radical (unpaired) electrons. The number of nitrogens with zero attached hydrogens (tertiary/aromatic N) is 2. The van der Waals surface area contributed by atoms with Gasteiger partial charge in [0, 0.05) is 18.2 Å². The maximum atomic E-state index is 6.07. The highest BCUT2D eigenvalue weighted by atomic mass is 16.7. The van der Waals surface area contributed by atoms with Crippen LogP contribution in [0.3, 0.4) is 0 Å². The van der Waals surface area contributed by atoms with E-state index in [0.717, 1.165) is 30.5 Å². The lowest BCUT2D eigenvalue weighted by Crippen LogP contribution is -2.57. The van der Waals surface area contributed by atoms with Crippen molar-refractivity contribution in [3.8, 4) is 11.5 Å². The molecule has 4 heterocycles. The van der Waals surface area contributed by atoms with Gasteiger partial charge in [0.2, 0.25) is 0 Å². The minimum absolute atomic E-state index is 0.556. The van der Waals surface area contributed by atoms with Crippen molar-refractivity contribution in [3.05, 3.63) is 23.8 Å². The van der Waals surface area contributed by atoms with Gasteiger partial charge in [0.25, 0.3) is 0 Å². The molecular formula is C15H20N2O2. The van der Waals surface area contributed by atoms with E-state index in [1.807, 2.05) is 12.1 Å². The minimum Gasteiger partial charge on any atom is -0.497 e. The van der Waals surface area contributed by atoms with Crippen molar-refractivity contribution in [2.75, 3.05) is 26.7 Å². The highest BCUT2D eigenvalue weighted by Crippen LogP contribution is 2.37. The zero-order chi connectivity index (χ0) is 12.8. The van der Waals surface area contributed by atoms with Gasteiger partial charge >= 0.3 is 0 Å². The van der Waals surface area contributed by atoms with E-state index in [0.29, 0.717) is 6.04 Å². The number of hydrogen-bond acceptors (Lipinski definition) is 4. The standard InChI is InChI=1S/C15H20N2O2/c1-18-13-3-2-12-9-17(19-15(12)8-13)14-10-16-6-4-11(14)5-7-16/h2-3,8,11,14H,4-7,9-10H2,1H3/t14-/m1/s1. The molecule has 4 aliphatic rings. The van der Waals surface area contributed by atoms with Crippen LogP contribution in [0.4, 0.5) is 0 Å². The van der Waals surface area contributed by atoms with Gasteiger partial charge in [-0.2, -0.15) is 0 Å². The number of benzene rings is 1. The van der Waals surface area contributed by atoms with E-state index in [4.69, 9.17) is 9.57 Å². The molecule has 1 aromatic rings. The zero-order valence-corrected chi connectivity index (χ0v) is 11.3. The predicted molar refractivity (Wildman–Crippen MR) is 72.1 cm³/mol. The number of hydrogen-bond donors (Lipinski definition) is 0. The van der Waals surface area contributed by atoms with Crippen molar-refractivity contribution in [1.29, 1.82) is 0 Å². The van der Waals surface area contributed by atoms with Gasteiger partial charge in [-0.25, -0.2) is 0 Å². The Morgan fingerprint density at radius 3 is 2.79 bits per heavy atom. The Morgan fingerprint density at radius 1 is 1.26 bits per heavy atom. The molecule has 0 saturated carbocycles. The number of fused-ring (bicyclic) bond motifs is 4. The molecule has 102 valence electrons. The van der Waals surface area contributed by atoms with Crippen molar-refractivity contribution < 1.29 is 9.57 Å². The normalized spacial score (nSPS) is 33.0. The first kappa shape index (κ1) is 11.6. The third-order valence-electron chi connectivity index (χ3n) is 4.81. The Hall–Kier alpha value is -1.26. The lowest BCUT2D eigenvalue weighted by atomic mass is 9.84. The molecule has 4 nitrogen and oxygen atoms in total. The molecule has 0 aliphatic carbocycles.